The Bertz CT molecular complexity index is 628. The van der Waals surface area contributed by atoms with E-state index in [-0.39, 0.29) is 12.6 Å². The molecule has 166 valence electrons. The monoisotopic (exact) mass is 407 g/mol. The molecule has 1 aromatic carbocycles. The Morgan fingerprint density at radius 1 is 1.14 bits per heavy atom. The number of rotatable bonds is 14. The van der Waals surface area contributed by atoms with Crippen LogP contribution in [-0.2, 0) is 11.2 Å². The van der Waals surface area contributed by atoms with Gasteiger partial charge in [0.05, 0.1) is 0 Å². The molecule has 0 aromatic heterocycles. The van der Waals surface area contributed by atoms with Crippen LogP contribution in [0.15, 0.2) is 6.07 Å². The summed E-state index contributed by atoms with van der Waals surface area (Å²) in [6.07, 6.45) is 7.60. The molecule has 0 aliphatic rings. The molecule has 2 N–H and O–H groups in total. The number of ether oxygens (including phenoxy) is 2. The Morgan fingerprint density at radius 3 is 2.41 bits per heavy atom. The molecule has 0 saturated carbocycles. The molecule has 1 aromatic rings. The number of aliphatic hydroxyl groups is 1. The third-order valence-electron chi connectivity index (χ3n) is 5.02. The van der Waals surface area contributed by atoms with Gasteiger partial charge in [0.25, 0.3) is 0 Å². The van der Waals surface area contributed by atoms with E-state index in [1.165, 1.54) is 39.0 Å². The fraction of sp³-hybridized carbons (Fsp3) is 0.708. The molecule has 0 bridgehead atoms. The molecule has 1 unspecified atom stereocenters. The van der Waals surface area contributed by atoms with Gasteiger partial charge in [0.2, 0.25) is 0 Å². The van der Waals surface area contributed by atoms with Crippen LogP contribution in [0.1, 0.15) is 82.9 Å². The lowest BCUT2D eigenvalue weighted by Gasteiger charge is -2.21. The van der Waals surface area contributed by atoms with Gasteiger partial charge in [-0.15, -0.1) is 0 Å². The van der Waals surface area contributed by atoms with Crippen LogP contribution in [0, 0.1) is 13.8 Å². The SMILES string of the molecule is CCCCCCCCc1c(OCC(O)CNC(C)C)cc(C)c(OC(C)=O)c1C. The Labute approximate surface area is 177 Å². The predicted molar refractivity (Wildman–Crippen MR) is 119 cm³/mol. The summed E-state index contributed by atoms with van der Waals surface area (Å²) in [7, 11) is 0. The number of nitrogens with one attached hydrogen (secondary N) is 1. The Hall–Kier alpha value is -1.59. The topological polar surface area (TPSA) is 67.8 Å². The van der Waals surface area contributed by atoms with Crippen molar-refractivity contribution in [3.8, 4) is 11.5 Å². The van der Waals surface area contributed by atoms with E-state index in [4.69, 9.17) is 9.47 Å². The van der Waals surface area contributed by atoms with Crippen LogP contribution in [0.25, 0.3) is 0 Å². The van der Waals surface area contributed by atoms with E-state index in [1.54, 1.807) is 0 Å². The minimum absolute atomic E-state index is 0.231. The van der Waals surface area contributed by atoms with Crippen LogP contribution in [0.2, 0.25) is 0 Å². The molecule has 0 fully saturated rings. The summed E-state index contributed by atoms with van der Waals surface area (Å²) in [5.41, 5.74) is 2.90. The highest BCUT2D eigenvalue weighted by Crippen LogP contribution is 2.35. The highest BCUT2D eigenvalue weighted by atomic mass is 16.5. The lowest BCUT2D eigenvalue weighted by Crippen LogP contribution is -2.35. The van der Waals surface area contributed by atoms with Crippen LogP contribution in [-0.4, -0.2) is 36.4 Å². The van der Waals surface area contributed by atoms with Crippen LogP contribution >= 0.6 is 0 Å². The number of carbonyl (C=O) groups excluding carboxylic acids is 1. The van der Waals surface area contributed by atoms with Crippen LogP contribution in [0.3, 0.4) is 0 Å². The van der Waals surface area contributed by atoms with E-state index in [9.17, 15) is 9.90 Å². The fourth-order valence-corrected chi connectivity index (χ4v) is 3.41. The molecule has 0 amide bonds. The molecule has 0 radical (unpaired) electrons. The number of aryl methyl sites for hydroxylation is 1. The minimum atomic E-state index is -0.576. The first-order chi connectivity index (χ1) is 13.8. The number of hydrogen-bond donors (Lipinski definition) is 2. The van der Waals surface area contributed by atoms with E-state index in [2.05, 4.69) is 12.2 Å². The highest BCUT2D eigenvalue weighted by Gasteiger charge is 2.18. The van der Waals surface area contributed by atoms with Crippen molar-refractivity contribution in [1.82, 2.24) is 5.32 Å². The third kappa shape index (κ3) is 9.64. The summed E-state index contributed by atoms with van der Waals surface area (Å²) in [5, 5.41) is 13.4. The first kappa shape index (κ1) is 25.4. The summed E-state index contributed by atoms with van der Waals surface area (Å²) >= 11 is 0. The second-order valence-electron chi connectivity index (χ2n) is 8.26. The van der Waals surface area contributed by atoms with Crippen molar-refractivity contribution in [2.75, 3.05) is 13.2 Å². The van der Waals surface area contributed by atoms with E-state index >= 15 is 0 Å². The molecule has 0 saturated heterocycles. The summed E-state index contributed by atoms with van der Waals surface area (Å²) in [6.45, 7) is 12.4. The average Bonchev–Trinajstić information content (AvgIpc) is 2.65. The lowest BCUT2D eigenvalue weighted by atomic mass is 9.97. The first-order valence-corrected chi connectivity index (χ1v) is 11.1. The van der Waals surface area contributed by atoms with Gasteiger partial charge >= 0.3 is 5.97 Å². The van der Waals surface area contributed by atoms with Gasteiger partial charge in [-0.1, -0.05) is 52.9 Å². The second kappa shape index (κ2) is 13.6. The summed E-state index contributed by atoms with van der Waals surface area (Å²) in [4.78, 5) is 11.5. The second-order valence-corrected chi connectivity index (χ2v) is 8.26. The Morgan fingerprint density at radius 2 is 1.79 bits per heavy atom. The molecular formula is C24H41NO4. The number of aliphatic hydroxyl groups excluding tert-OH is 1. The number of benzene rings is 1. The summed E-state index contributed by atoms with van der Waals surface area (Å²) in [6, 6.07) is 2.25. The van der Waals surface area contributed by atoms with Gasteiger partial charge in [-0.3, -0.25) is 4.79 Å². The van der Waals surface area contributed by atoms with Gasteiger partial charge in [-0.2, -0.15) is 0 Å². The first-order valence-electron chi connectivity index (χ1n) is 11.1. The minimum Gasteiger partial charge on any atom is -0.491 e. The maximum absolute atomic E-state index is 11.5. The van der Waals surface area contributed by atoms with E-state index in [1.807, 2.05) is 33.8 Å². The molecule has 1 atom stereocenters. The van der Waals surface area contributed by atoms with Gasteiger partial charge in [-0.25, -0.2) is 0 Å². The molecule has 29 heavy (non-hydrogen) atoms. The molecule has 1 rings (SSSR count). The maximum atomic E-state index is 11.5. The van der Waals surface area contributed by atoms with Crippen molar-refractivity contribution in [1.29, 1.82) is 0 Å². The van der Waals surface area contributed by atoms with Gasteiger partial charge < -0.3 is 19.9 Å². The largest absolute Gasteiger partial charge is 0.491 e. The van der Waals surface area contributed by atoms with Gasteiger partial charge in [-0.05, 0) is 43.9 Å². The number of esters is 1. The smallest absolute Gasteiger partial charge is 0.308 e. The number of unbranched alkanes of at least 4 members (excludes halogenated alkanes) is 5. The predicted octanol–water partition coefficient (Wildman–Crippen LogP) is 4.87. The lowest BCUT2D eigenvalue weighted by molar-refractivity contribution is -0.131. The van der Waals surface area contributed by atoms with Crippen LogP contribution in [0.4, 0.5) is 0 Å². The highest BCUT2D eigenvalue weighted by molar-refractivity contribution is 5.71. The van der Waals surface area contributed by atoms with E-state index in [0.717, 1.165) is 35.3 Å². The van der Waals surface area contributed by atoms with E-state index in [0.29, 0.717) is 18.3 Å². The van der Waals surface area contributed by atoms with Crippen molar-refractivity contribution in [2.45, 2.75) is 98.6 Å². The van der Waals surface area contributed by atoms with E-state index < -0.39 is 6.10 Å². The fourth-order valence-electron chi connectivity index (χ4n) is 3.41. The summed E-state index contributed by atoms with van der Waals surface area (Å²) in [5.74, 6) is 1.10. The molecule has 5 heteroatoms. The van der Waals surface area contributed by atoms with Crippen molar-refractivity contribution in [2.24, 2.45) is 0 Å². The molecule has 0 aliphatic heterocycles. The van der Waals surface area contributed by atoms with Gasteiger partial charge in [0.1, 0.15) is 24.2 Å². The van der Waals surface area contributed by atoms with Crippen LogP contribution in [0.5, 0.6) is 11.5 Å². The van der Waals surface area contributed by atoms with Gasteiger partial charge in [0.15, 0.2) is 0 Å². The van der Waals surface area contributed by atoms with Gasteiger partial charge in [0, 0.05) is 25.1 Å². The van der Waals surface area contributed by atoms with Crippen molar-refractivity contribution in [3.05, 3.63) is 22.8 Å². The number of carbonyl (C=O) groups is 1. The van der Waals surface area contributed by atoms with Crippen molar-refractivity contribution < 1.29 is 19.4 Å². The van der Waals surface area contributed by atoms with Crippen molar-refractivity contribution >= 4 is 5.97 Å². The summed E-state index contributed by atoms with van der Waals surface area (Å²) < 4.78 is 11.5. The quantitative estimate of drug-likeness (QED) is 0.262. The standard InChI is InChI=1S/C24H41NO4/c1-7-8-9-10-11-12-13-22-19(5)24(29-20(6)26)18(4)14-23(22)28-16-21(27)15-25-17(2)3/h14,17,21,25,27H,7-13,15-16H2,1-6H3. The molecule has 0 spiro atoms. The molecule has 0 aliphatic carbocycles. The molecule has 5 nitrogen and oxygen atoms in total. The Kier molecular flexibility index (Phi) is 11.9. The maximum Gasteiger partial charge on any atom is 0.308 e. The molecule has 0 heterocycles. The normalized spacial score (nSPS) is 12.3. The number of hydrogen-bond acceptors (Lipinski definition) is 5. The average molecular weight is 408 g/mol. The zero-order valence-corrected chi connectivity index (χ0v) is 19.3. The zero-order valence-electron chi connectivity index (χ0n) is 19.3. The zero-order chi connectivity index (χ0) is 21.8. The molecular weight excluding hydrogens is 366 g/mol. The van der Waals surface area contributed by atoms with Crippen molar-refractivity contribution in [3.63, 3.8) is 0 Å². The Balaban J connectivity index is 2.89. The van der Waals surface area contributed by atoms with Crippen LogP contribution < -0.4 is 14.8 Å². The third-order valence-corrected chi connectivity index (χ3v) is 5.02.